The molecular weight excluding hydrogens is 222 g/mol. The Labute approximate surface area is 113 Å². The van der Waals surface area contributed by atoms with Crippen LogP contribution in [0.5, 0.6) is 0 Å². The fourth-order valence-electron chi connectivity index (χ4n) is 3.58. The van der Waals surface area contributed by atoms with Gasteiger partial charge in [0.1, 0.15) is 0 Å². The van der Waals surface area contributed by atoms with Gasteiger partial charge in [0, 0.05) is 18.6 Å². The fraction of sp³-hybridized carbons (Fsp3) is 1.00. The third-order valence-electron chi connectivity index (χ3n) is 5.37. The standard InChI is InChI=1S/C15H31N3/c1-3-17-10-8-15(13-16,9-11-17)18(4-2)12-14-6-5-7-14/h14H,3-13,16H2,1-2H3. The number of likely N-dealkylation sites (N-methyl/N-ethyl adjacent to an activating group) is 1. The van der Waals surface area contributed by atoms with Crippen molar-refractivity contribution in [1.82, 2.24) is 9.80 Å². The van der Waals surface area contributed by atoms with Crippen LogP contribution in [0.1, 0.15) is 46.0 Å². The third-order valence-corrected chi connectivity index (χ3v) is 5.37. The molecule has 1 saturated heterocycles. The molecule has 3 nitrogen and oxygen atoms in total. The van der Waals surface area contributed by atoms with Crippen molar-refractivity contribution in [3.63, 3.8) is 0 Å². The van der Waals surface area contributed by atoms with E-state index in [1.807, 2.05) is 0 Å². The first kappa shape index (κ1) is 14.3. The summed E-state index contributed by atoms with van der Waals surface area (Å²) in [7, 11) is 0. The Kier molecular flexibility index (Phi) is 5.05. The Hall–Kier alpha value is -0.120. The largest absolute Gasteiger partial charge is 0.329 e. The summed E-state index contributed by atoms with van der Waals surface area (Å²) in [5, 5.41) is 0. The number of likely N-dealkylation sites (tertiary alicyclic amines) is 1. The molecule has 0 bridgehead atoms. The van der Waals surface area contributed by atoms with Gasteiger partial charge in [-0.15, -0.1) is 0 Å². The molecule has 0 unspecified atom stereocenters. The second-order valence-corrected chi connectivity index (χ2v) is 6.20. The zero-order chi connectivity index (χ0) is 13.0. The average Bonchev–Trinajstić information content (AvgIpc) is 2.38. The number of hydrogen-bond acceptors (Lipinski definition) is 3. The zero-order valence-electron chi connectivity index (χ0n) is 12.3. The molecule has 3 heteroatoms. The third kappa shape index (κ3) is 2.89. The second kappa shape index (κ2) is 6.36. The summed E-state index contributed by atoms with van der Waals surface area (Å²) in [6, 6.07) is 0. The van der Waals surface area contributed by atoms with Gasteiger partial charge in [0.15, 0.2) is 0 Å². The van der Waals surface area contributed by atoms with E-state index in [1.54, 1.807) is 0 Å². The lowest BCUT2D eigenvalue weighted by Gasteiger charge is -2.50. The number of nitrogens with zero attached hydrogens (tertiary/aromatic N) is 2. The van der Waals surface area contributed by atoms with Crippen molar-refractivity contribution in [2.24, 2.45) is 11.7 Å². The molecule has 0 spiro atoms. The Morgan fingerprint density at radius 2 is 1.89 bits per heavy atom. The minimum absolute atomic E-state index is 0.302. The lowest BCUT2D eigenvalue weighted by molar-refractivity contribution is 0.0120. The van der Waals surface area contributed by atoms with Gasteiger partial charge in [-0.1, -0.05) is 20.3 Å². The molecule has 1 heterocycles. The second-order valence-electron chi connectivity index (χ2n) is 6.20. The van der Waals surface area contributed by atoms with Gasteiger partial charge >= 0.3 is 0 Å². The minimum Gasteiger partial charge on any atom is -0.329 e. The van der Waals surface area contributed by atoms with E-state index >= 15 is 0 Å². The maximum absolute atomic E-state index is 6.18. The van der Waals surface area contributed by atoms with E-state index < -0.39 is 0 Å². The van der Waals surface area contributed by atoms with Gasteiger partial charge in [-0.05, 0) is 57.8 Å². The van der Waals surface area contributed by atoms with E-state index in [1.165, 1.54) is 64.8 Å². The fourth-order valence-corrected chi connectivity index (χ4v) is 3.58. The Morgan fingerprint density at radius 1 is 1.22 bits per heavy atom. The number of nitrogens with two attached hydrogens (primary N) is 1. The molecule has 1 aliphatic carbocycles. The number of rotatable bonds is 6. The first-order chi connectivity index (χ1) is 8.74. The smallest absolute Gasteiger partial charge is 0.0356 e. The maximum atomic E-state index is 6.18. The van der Waals surface area contributed by atoms with Gasteiger partial charge < -0.3 is 10.6 Å². The molecule has 0 amide bonds. The highest BCUT2D eigenvalue weighted by atomic mass is 15.2. The maximum Gasteiger partial charge on any atom is 0.0356 e. The van der Waals surface area contributed by atoms with Gasteiger partial charge in [0.05, 0.1) is 0 Å². The normalized spacial score (nSPS) is 25.3. The zero-order valence-corrected chi connectivity index (χ0v) is 12.3. The van der Waals surface area contributed by atoms with Crippen LogP contribution in [0.3, 0.4) is 0 Å². The minimum atomic E-state index is 0.302. The highest BCUT2D eigenvalue weighted by molar-refractivity contribution is 4.97. The monoisotopic (exact) mass is 253 g/mol. The van der Waals surface area contributed by atoms with Crippen LogP contribution in [0.4, 0.5) is 0 Å². The van der Waals surface area contributed by atoms with Crippen LogP contribution < -0.4 is 5.73 Å². The number of piperidine rings is 1. The molecule has 2 aliphatic rings. The molecule has 2 fully saturated rings. The Morgan fingerprint density at radius 3 is 2.28 bits per heavy atom. The summed E-state index contributed by atoms with van der Waals surface area (Å²) in [6.07, 6.45) is 6.85. The van der Waals surface area contributed by atoms with Crippen LogP contribution in [0.25, 0.3) is 0 Å². The molecule has 0 radical (unpaired) electrons. The molecule has 0 aromatic carbocycles. The first-order valence-corrected chi connectivity index (χ1v) is 7.91. The van der Waals surface area contributed by atoms with E-state index in [-0.39, 0.29) is 0 Å². The molecule has 2 rings (SSSR count). The Bertz CT molecular complexity index is 242. The van der Waals surface area contributed by atoms with Gasteiger partial charge in [-0.25, -0.2) is 0 Å². The summed E-state index contributed by atoms with van der Waals surface area (Å²) < 4.78 is 0. The van der Waals surface area contributed by atoms with Crippen molar-refractivity contribution >= 4 is 0 Å². The van der Waals surface area contributed by atoms with E-state index in [4.69, 9.17) is 5.73 Å². The molecule has 0 atom stereocenters. The van der Waals surface area contributed by atoms with Crippen molar-refractivity contribution in [2.75, 3.05) is 39.3 Å². The summed E-state index contributed by atoms with van der Waals surface area (Å²) in [5.41, 5.74) is 6.48. The summed E-state index contributed by atoms with van der Waals surface area (Å²) in [5.74, 6) is 0.956. The molecule has 106 valence electrons. The van der Waals surface area contributed by atoms with Crippen LogP contribution in [0.2, 0.25) is 0 Å². The highest BCUT2D eigenvalue weighted by Crippen LogP contribution is 2.33. The molecule has 2 N–H and O–H groups in total. The highest BCUT2D eigenvalue weighted by Gasteiger charge is 2.39. The molecule has 1 saturated carbocycles. The molecule has 18 heavy (non-hydrogen) atoms. The number of hydrogen-bond donors (Lipinski definition) is 1. The Balaban J connectivity index is 1.95. The van der Waals surface area contributed by atoms with E-state index in [0.29, 0.717) is 5.54 Å². The van der Waals surface area contributed by atoms with Gasteiger partial charge in [0.25, 0.3) is 0 Å². The molecule has 0 aromatic rings. The van der Waals surface area contributed by atoms with Crippen LogP contribution in [0.15, 0.2) is 0 Å². The van der Waals surface area contributed by atoms with E-state index in [0.717, 1.165) is 12.5 Å². The summed E-state index contributed by atoms with van der Waals surface area (Å²) in [6.45, 7) is 11.5. The lowest BCUT2D eigenvalue weighted by Crippen LogP contribution is -2.60. The predicted octanol–water partition coefficient (Wildman–Crippen LogP) is 1.92. The van der Waals surface area contributed by atoms with Crippen LogP contribution >= 0.6 is 0 Å². The van der Waals surface area contributed by atoms with Crippen molar-refractivity contribution < 1.29 is 0 Å². The van der Waals surface area contributed by atoms with Crippen molar-refractivity contribution in [1.29, 1.82) is 0 Å². The average molecular weight is 253 g/mol. The lowest BCUT2D eigenvalue weighted by atomic mass is 9.81. The van der Waals surface area contributed by atoms with Crippen molar-refractivity contribution in [3.05, 3.63) is 0 Å². The summed E-state index contributed by atoms with van der Waals surface area (Å²) in [4.78, 5) is 5.27. The topological polar surface area (TPSA) is 32.5 Å². The molecular formula is C15H31N3. The van der Waals surface area contributed by atoms with Gasteiger partial charge in [-0.3, -0.25) is 4.90 Å². The van der Waals surface area contributed by atoms with Gasteiger partial charge in [-0.2, -0.15) is 0 Å². The predicted molar refractivity (Wildman–Crippen MR) is 77.7 cm³/mol. The summed E-state index contributed by atoms with van der Waals surface area (Å²) >= 11 is 0. The van der Waals surface area contributed by atoms with Crippen molar-refractivity contribution in [3.8, 4) is 0 Å². The van der Waals surface area contributed by atoms with Crippen LogP contribution in [-0.2, 0) is 0 Å². The van der Waals surface area contributed by atoms with E-state index in [2.05, 4.69) is 23.6 Å². The van der Waals surface area contributed by atoms with Crippen LogP contribution in [0, 0.1) is 5.92 Å². The molecule has 0 aromatic heterocycles. The van der Waals surface area contributed by atoms with Crippen LogP contribution in [-0.4, -0.2) is 54.6 Å². The van der Waals surface area contributed by atoms with Crippen molar-refractivity contribution in [2.45, 2.75) is 51.5 Å². The molecule has 1 aliphatic heterocycles. The quantitative estimate of drug-likeness (QED) is 0.785. The SMILES string of the molecule is CCN1CCC(CN)(N(CC)CC2CCC2)CC1. The van der Waals surface area contributed by atoms with E-state index in [9.17, 15) is 0 Å². The first-order valence-electron chi connectivity index (χ1n) is 7.91. The van der Waals surface area contributed by atoms with Gasteiger partial charge in [0.2, 0.25) is 0 Å².